The molecule has 9 rings (SSSR count). The Morgan fingerprint density at radius 1 is 0.584 bits per heavy atom. The second-order valence-electron chi connectivity index (χ2n) is 26.2. The van der Waals surface area contributed by atoms with Gasteiger partial charge in [-0.15, -0.1) is 0 Å². The fourth-order valence-corrected chi connectivity index (χ4v) is 11.3. The summed E-state index contributed by atoms with van der Waals surface area (Å²) < 4.78 is 11.2. The van der Waals surface area contributed by atoms with Gasteiger partial charge in [-0.1, -0.05) is 127 Å². The fourth-order valence-electron chi connectivity index (χ4n) is 11.3. The summed E-state index contributed by atoms with van der Waals surface area (Å²) in [5.41, 5.74) is 15.0. The molecule has 6 heteroatoms. The molecule has 12 atom stereocenters. The minimum Gasteiger partial charge on any atom is -0.392 e. The predicted octanol–water partition coefficient (Wildman–Crippen LogP) is 18.1. The van der Waals surface area contributed by atoms with Crippen LogP contribution in [-0.2, 0) is 14.3 Å². The van der Waals surface area contributed by atoms with Gasteiger partial charge in [-0.3, -0.25) is 4.79 Å². The molecule has 0 aromatic carbocycles. The Morgan fingerprint density at radius 2 is 1.04 bits per heavy atom. The maximum absolute atomic E-state index is 11.2. The summed E-state index contributed by atoms with van der Waals surface area (Å²) in [7, 11) is 0. The molecule has 0 spiro atoms. The molecule has 9 aliphatic rings. The van der Waals surface area contributed by atoms with Crippen LogP contribution >= 0.6 is 0 Å². The largest absolute Gasteiger partial charge is 0.392 e. The molecule has 5 unspecified atom stereocenters. The maximum Gasteiger partial charge on any atom is 0.158 e. The molecule has 0 bridgehead atoms. The third-order valence-corrected chi connectivity index (χ3v) is 18.7. The lowest BCUT2D eigenvalue weighted by Crippen LogP contribution is -2.31. The number of epoxide rings is 2. The Bertz CT molecular complexity index is 2150. The van der Waals surface area contributed by atoms with E-state index in [4.69, 9.17) is 14.6 Å². The van der Waals surface area contributed by atoms with E-state index in [0.717, 1.165) is 92.8 Å². The summed E-state index contributed by atoms with van der Waals surface area (Å²) in [6.07, 6.45) is 31.6. The maximum atomic E-state index is 11.2. The molecule has 6 nitrogen and oxygen atoms in total. The van der Waals surface area contributed by atoms with Gasteiger partial charge in [0.25, 0.3) is 0 Å². The van der Waals surface area contributed by atoms with Crippen molar-refractivity contribution in [1.82, 2.24) is 0 Å². The number of Topliss-reactive ketones (excluding diaryl/α,β-unsaturated/α-hetero) is 1. The lowest BCUT2D eigenvalue weighted by atomic mass is 9.80. The summed E-state index contributed by atoms with van der Waals surface area (Å²) in [5.74, 6) is 4.40. The Labute approximate surface area is 472 Å². The molecule has 77 heavy (non-hydrogen) atoms. The zero-order chi connectivity index (χ0) is 58.2. The van der Waals surface area contributed by atoms with Gasteiger partial charge in [0, 0.05) is 6.42 Å². The molecule has 2 saturated heterocycles. The number of ketones is 1. The SMILES string of the molecule is C=C(C)[C@@H]1CC=C(C)C(=O)C1.C=C(C)[C@@H]1CC=C(C)C(O)C1.C=C(C)[C@@H]1CC=C(CO)CC1.C=C(C)[C@@H]1CCC2(C)OC2C1.C=C(C)[C@H]1CCC2(C)OC2C1.C=C1C[C@@H](C(=C)C)CC=C1C.CC1=CC[C@@H](C(C)(C)O)CC1. The molecule has 2 aliphatic heterocycles. The molecule has 7 aliphatic carbocycles. The molecule has 0 aromatic heterocycles. The molecule has 3 N–H and O–H groups in total. The summed E-state index contributed by atoms with van der Waals surface area (Å²) in [5, 5.41) is 28.0. The van der Waals surface area contributed by atoms with Crippen LogP contribution in [0.25, 0.3) is 0 Å². The molecule has 0 aromatic rings. The number of aliphatic hydroxyl groups excluding tert-OH is 2. The van der Waals surface area contributed by atoms with Crippen molar-refractivity contribution in [3.05, 3.63) is 143 Å². The third kappa shape index (κ3) is 22.8. The van der Waals surface area contributed by atoms with E-state index >= 15 is 0 Å². The van der Waals surface area contributed by atoms with Crippen molar-refractivity contribution in [2.24, 2.45) is 41.4 Å². The summed E-state index contributed by atoms with van der Waals surface area (Å²) >= 11 is 0. The van der Waals surface area contributed by atoms with E-state index in [1.807, 2.05) is 47.6 Å². The summed E-state index contributed by atoms with van der Waals surface area (Å²) in [4.78, 5) is 11.2. The number of allylic oxidation sites excluding steroid dienone is 15. The highest BCUT2D eigenvalue weighted by Gasteiger charge is 2.56. The molecule has 2 saturated carbocycles. The Kier molecular flexibility index (Phi) is 27.1. The number of aliphatic hydroxyl groups is 3. The van der Waals surface area contributed by atoms with E-state index in [9.17, 15) is 15.0 Å². The molecule has 432 valence electrons. The molecule has 2 heterocycles. The number of ether oxygens (including phenoxy) is 2. The lowest BCUT2D eigenvalue weighted by molar-refractivity contribution is -0.116. The van der Waals surface area contributed by atoms with Crippen LogP contribution < -0.4 is 0 Å². The van der Waals surface area contributed by atoms with E-state index in [1.165, 1.54) is 95.1 Å². The van der Waals surface area contributed by atoms with Crippen molar-refractivity contribution in [2.75, 3.05) is 6.61 Å². The Balaban J connectivity index is 0.000000236. The second kappa shape index (κ2) is 30.8. The molecule has 0 radical (unpaired) electrons. The number of fused-ring (bicyclic) bond motifs is 2. The van der Waals surface area contributed by atoms with Crippen LogP contribution in [0.1, 0.15) is 213 Å². The van der Waals surface area contributed by atoms with E-state index in [1.54, 1.807) is 0 Å². The van der Waals surface area contributed by atoms with Gasteiger partial charge in [-0.25, -0.2) is 0 Å². The predicted molar refractivity (Wildman–Crippen MR) is 330 cm³/mol. The quantitative estimate of drug-likeness (QED) is 0.165. The number of carbonyl (C=O) groups excluding carboxylic acids is 1. The average Bonchev–Trinajstić information content (AvgIpc) is 4.26. The molecule has 4 fully saturated rings. The smallest absolute Gasteiger partial charge is 0.158 e. The van der Waals surface area contributed by atoms with Crippen molar-refractivity contribution in [1.29, 1.82) is 0 Å². The monoisotopic (exact) mass is 1060 g/mol. The molecular weight excluding hydrogens is 949 g/mol. The average molecular weight is 1060 g/mol. The van der Waals surface area contributed by atoms with Gasteiger partial charge in [0.2, 0.25) is 0 Å². The van der Waals surface area contributed by atoms with Crippen LogP contribution in [0.15, 0.2) is 143 Å². The highest BCUT2D eigenvalue weighted by molar-refractivity contribution is 5.95. The normalized spacial score (nSPS) is 32.6. The van der Waals surface area contributed by atoms with Gasteiger partial charge in [0.1, 0.15) is 0 Å². The first-order valence-electron chi connectivity index (χ1n) is 29.6. The Hall–Kier alpha value is -3.65. The fraction of sp³-hybridized carbons (Fsp3) is 0.648. The zero-order valence-corrected chi connectivity index (χ0v) is 51.6. The zero-order valence-electron chi connectivity index (χ0n) is 51.6. The van der Waals surface area contributed by atoms with Gasteiger partial charge in [0.15, 0.2) is 5.78 Å². The van der Waals surface area contributed by atoms with Gasteiger partial charge < -0.3 is 24.8 Å². The highest BCUT2D eigenvalue weighted by Crippen LogP contribution is 2.51. The van der Waals surface area contributed by atoms with Crippen molar-refractivity contribution >= 4 is 5.78 Å². The van der Waals surface area contributed by atoms with Gasteiger partial charge in [-0.05, 0) is 264 Å². The molecule has 0 amide bonds. The van der Waals surface area contributed by atoms with E-state index < -0.39 is 5.60 Å². The van der Waals surface area contributed by atoms with Crippen LogP contribution in [0, 0.1) is 41.4 Å². The number of hydrogen-bond acceptors (Lipinski definition) is 6. The second-order valence-corrected chi connectivity index (χ2v) is 26.2. The summed E-state index contributed by atoms with van der Waals surface area (Å²) in [6.45, 7) is 56.8. The lowest BCUT2D eigenvalue weighted by Gasteiger charge is -2.31. The third-order valence-electron chi connectivity index (χ3n) is 18.7. The van der Waals surface area contributed by atoms with Crippen LogP contribution in [0.3, 0.4) is 0 Å². The van der Waals surface area contributed by atoms with Crippen LogP contribution in [0.2, 0.25) is 0 Å². The van der Waals surface area contributed by atoms with E-state index in [0.29, 0.717) is 48.2 Å². The summed E-state index contributed by atoms with van der Waals surface area (Å²) in [6, 6.07) is 0. The van der Waals surface area contributed by atoms with Crippen LogP contribution in [-0.4, -0.2) is 62.8 Å². The van der Waals surface area contributed by atoms with Crippen LogP contribution in [0.4, 0.5) is 0 Å². The number of rotatable bonds is 8. The topological polar surface area (TPSA) is 103 Å². The van der Waals surface area contributed by atoms with E-state index in [-0.39, 0.29) is 29.7 Å². The highest BCUT2D eigenvalue weighted by atomic mass is 16.6. The van der Waals surface area contributed by atoms with Gasteiger partial charge in [0.05, 0.1) is 41.7 Å². The minimum absolute atomic E-state index is 0.231. The van der Waals surface area contributed by atoms with Crippen molar-refractivity contribution in [3.8, 4) is 0 Å². The molecular formula is C71H112O6. The first-order valence-corrected chi connectivity index (χ1v) is 29.6. The standard InChI is InChI=1S/C11H16.2C10H16O.C10H18O.C10H16O.C10H14O.C10H16O/c1-8(2)11-6-5-9(3)10(4)7-11;2*1-7(2)8-4-5-10(3)9(6-8)11-10;1-8-4-6-9(7-5-8)10(2,3)11;2*1-7(2)9-5-4-8(3)10(11)6-9;1-8(2)10-5-3-9(7-11)4-6-10/h5,11H,1,4,6-7H2,2-3H3;2*8-9H,1,4-6H2,2-3H3;4,9,11H,5-7H2,1-3H3;4,9-11H,1,5-6H2,2-3H3;4,9H,1,5-6H2,2-3H3;3,10-11H,1,4-7H2,2H3/t11-;2*8-,9?,10?;9-;9-,10?;9-;10-/m0101111/s1. The minimum atomic E-state index is -0.489. The van der Waals surface area contributed by atoms with Gasteiger partial charge in [-0.2, -0.15) is 0 Å². The van der Waals surface area contributed by atoms with Gasteiger partial charge >= 0.3 is 0 Å². The first kappa shape index (κ1) is 67.6. The van der Waals surface area contributed by atoms with E-state index in [2.05, 4.69) is 126 Å². The Morgan fingerprint density at radius 3 is 1.40 bits per heavy atom. The number of hydrogen-bond donors (Lipinski definition) is 3. The van der Waals surface area contributed by atoms with Crippen molar-refractivity contribution in [3.63, 3.8) is 0 Å². The first-order chi connectivity index (χ1) is 35.8. The van der Waals surface area contributed by atoms with Crippen molar-refractivity contribution < 1.29 is 29.6 Å². The number of carbonyl (C=O) groups is 1. The van der Waals surface area contributed by atoms with Crippen molar-refractivity contribution in [2.45, 2.75) is 248 Å². The van der Waals surface area contributed by atoms with Crippen LogP contribution in [0.5, 0.6) is 0 Å².